The maximum atomic E-state index is 5.89. The smallest absolute Gasteiger partial charge is 0.134 e. The quantitative estimate of drug-likeness (QED) is 0.777. The molecule has 0 spiro atoms. The highest BCUT2D eigenvalue weighted by Gasteiger charge is 2.39. The van der Waals surface area contributed by atoms with Gasteiger partial charge in [-0.25, -0.2) is 9.97 Å². The molecule has 1 fully saturated rings. The van der Waals surface area contributed by atoms with E-state index < -0.39 is 0 Å². The number of halogens is 1. The topological polar surface area (TPSA) is 38.2 Å². The van der Waals surface area contributed by atoms with Crippen LogP contribution < -0.4 is 4.90 Å². The van der Waals surface area contributed by atoms with Crippen LogP contribution in [-0.2, 0) is 4.74 Å². The second-order valence-corrected chi connectivity index (χ2v) is 5.61. The Bertz CT molecular complexity index is 397. The molecule has 2 rings (SSSR count). The molecule has 1 aromatic heterocycles. The Labute approximate surface area is 107 Å². The number of methoxy groups -OCH3 is 1. The van der Waals surface area contributed by atoms with E-state index in [0.717, 1.165) is 25.5 Å². The number of anilines is 1. The van der Waals surface area contributed by atoms with Crippen LogP contribution in [0.2, 0.25) is 5.15 Å². The van der Waals surface area contributed by atoms with E-state index >= 15 is 0 Å². The van der Waals surface area contributed by atoms with E-state index in [4.69, 9.17) is 16.3 Å². The maximum absolute atomic E-state index is 5.89. The Hall–Kier alpha value is -0.870. The summed E-state index contributed by atoms with van der Waals surface area (Å²) in [7, 11) is 1.75. The van der Waals surface area contributed by atoms with Crippen LogP contribution in [0.25, 0.3) is 0 Å². The highest BCUT2D eigenvalue weighted by atomic mass is 35.5. The van der Waals surface area contributed by atoms with Gasteiger partial charge in [0.05, 0.1) is 6.61 Å². The molecule has 17 heavy (non-hydrogen) atoms. The van der Waals surface area contributed by atoms with E-state index in [9.17, 15) is 0 Å². The van der Waals surface area contributed by atoms with Crippen molar-refractivity contribution >= 4 is 17.4 Å². The Morgan fingerprint density at radius 3 is 2.94 bits per heavy atom. The monoisotopic (exact) mass is 255 g/mol. The third-order valence-corrected chi connectivity index (χ3v) is 3.66. The number of hydrogen-bond donors (Lipinski definition) is 0. The summed E-state index contributed by atoms with van der Waals surface area (Å²) in [6.07, 6.45) is 1.51. The fourth-order valence-electron chi connectivity index (χ4n) is 2.35. The zero-order valence-corrected chi connectivity index (χ0v) is 11.2. The lowest BCUT2D eigenvalue weighted by Crippen LogP contribution is -2.25. The van der Waals surface area contributed by atoms with Crippen molar-refractivity contribution in [2.75, 3.05) is 31.7 Å². The predicted molar refractivity (Wildman–Crippen MR) is 68.4 cm³/mol. The third-order valence-electron chi connectivity index (χ3n) is 3.46. The van der Waals surface area contributed by atoms with Gasteiger partial charge in [0.25, 0.3) is 0 Å². The zero-order chi connectivity index (χ0) is 12.5. The molecule has 5 heteroatoms. The second-order valence-electron chi connectivity index (χ2n) is 5.22. The van der Waals surface area contributed by atoms with Gasteiger partial charge >= 0.3 is 0 Å². The molecule has 94 valence electrons. The third kappa shape index (κ3) is 2.69. The number of rotatable bonds is 3. The summed E-state index contributed by atoms with van der Waals surface area (Å²) in [5.41, 5.74) is 0.230. The molecule has 0 aromatic carbocycles. The van der Waals surface area contributed by atoms with Crippen LogP contribution in [0.1, 0.15) is 13.8 Å². The van der Waals surface area contributed by atoms with E-state index in [1.165, 1.54) is 6.33 Å². The van der Waals surface area contributed by atoms with Gasteiger partial charge in [0, 0.05) is 32.2 Å². The summed E-state index contributed by atoms with van der Waals surface area (Å²) < 4.78 is 5.28. The molecule has 2 heterocycles. The van der Waals surface area contributed by atoms with Crippen molar-refractivity contribution in [1.29, 1.82) is 0 Å². The number of aromatic nitrogens is 2. The summed E-state index contributed by atoms with van der Waals surface area (Å²) >= 11 is 5.89. The van der Waals surface area contributed by atoms with Gasteiger partial charge in [0.1, 0.15) is 17.3 Å². The van der Waals surface area contributed by atoms with Crippen molar-refractivity contribution in [1.82, 2.24) is 9.97 Å². The lowest BCUT2D eigenvalue weighted by Gasteiger charge is -2.24. The van der Waals surface area contributed by atoms with E-state index in [-0.39, 0.29) is 5.41 Å². The lowest BCUT2D eigenvalue weighted by molar-refractivity contribution is 0.112. The molecule has 1 aliphatic rings. The predicted octanol–water partition coefficient (Wildman–Crippen LogP) is 2.24. The molecule has 1 saturated heterocycles. The average molecular weight is 256 g/mol. The Balaban J connectivity index is 2.15. The highest BCUT2D eigenvalue weighted by molar-refractivity contribution is 6.29. The Morgan fingerprint density at radius 1 is 1.53 bits per heavy atom. The first-order valence-corrected chi connectivity index (χ1v) is 6.12. The molecule has 0 radical (unpaired) electrons. The Morgan fingerprint density at radius 2 is 2.29 bits per heavy atom. The molecular weight excluding hydrogens is 238 g/mol. The van der Waals surface area contributed by atoms with Crippen molar-refractivity contribution in [2.45, 2.75) is 13.8 Å². The van der Waals surface area contributed by atoms with Crippen LogP contribution in [-0.4, -0.2) is 36.8 Å². The van der Waals surface area contributed by atoms with Crippen molar-refractivity contribution in [3.8, 4) is 0 Å². The highest BCUT2D eigenvalue weighted by Crippen LogP contribution is 2.37. The van der Waals surface area contributed by atoms with Crippen molar-refractivity contribution in [2.24, 2.45) is 11.3 Å². The van der Waals surface area contributed by atoms with Crippen LogP contribution >= 0.6 is 11.6 Å². The van der Waals surface area contributed by atoms with Gasteiger partial charge < -0.3 is 9.64 Å². The van der Waals surface area contributed by atoms with Gasteiger partial charge in [-0.15, -0.1) is 0 Å². The van der Waals surface area contributed by atoms with Crippen LogP contribution in [0.3, 0.4) is 0 Å². The SMILES string of the molecule is COC[C@H]1CN(c2cc(Cl)ncn2)CC1(C)C. The summed E-state index contributed by atoms with van der Waals surface area (Å²) in [4.78, 5) is 10.4. The molecule has 0 amide bonds. The molecule has 4 nitrogen and oxygen atoms in total. The minimum absolute atomic E-state index is 0.230. The van der Waals surface area contributed by atoms with E-state index in [0.29, 0.717) is 11.1 Å². The van der Waals surface area contributed by atoms with Crippen molar-refractivity contribution < 1.29 is 4.74 Å². The number of nitrogens with zero attached hydrogens (tertiary/aromatic N) is 3. The summed E-state index contributed by atoms with van der Waals surface area (Å²) in [5, 5.41) is 0.489. The van der Waals surface area contributed by atoms with Gasteiger partial charge in [0.2, 0.25) is 0 Å². The normalized spacial score (nSPS) is 23.1. The van der Waals surface area contributed by atoms with Crippen LogP contribution in [0.5, 0.6) is 0 Å². The van der Waals surface area contributed by atoms with Gasteiger partial charge in [-0.05, 0) is 5.41 Å². The molecule has 0 unspecified atom stereocenters. The number of ether oxygens (including phenoxy) is 1. The lowest BCUT2D eigenvalue weighted by atomic mass is 9.83. The number of hydrogen-bond acceptors (Lipinski definition) is 4. The van der Waals surface area contributed by atoms with Gasteiger partial charge in [-0.1, -0.05) is 25.4 Å². The molecule has 1 atom stereocenters. The molecule has 0 aliphatic carbocycles. The van der Waals surface area contributed by atoms with Crippen LogP contribution in [0, 0.1) is 11.3 Å². The molecule has 0 saturated carbocycles. The summed E-state index contributed by atoms with van der Waals surface area (Å²) in [6.45, 7) is 7.23. The van der Waals surface area contributed by atoms with E-state index in [1.54, 1.807) is 7.11 Å². The first-order chi connectivity index (χ1) is 8.03. The maximum Gasteiger partial charge on any atom is 0.134 e. The molecule has 0 bridgehead atoms. The van der Waals surface area contributed by atoms with Gasteiger partial charge in [0.15, 0.2) is 0 Å². The first-order valence-electron chi connectivity index (χ1n) is 5.74. The fraction of sp³-hybridized carbons (Fsp3) is 0.667. The standard InChI is InChI=1S/C12H18ClN3O/c1-12(2)7-16(5-9(12)6-17-3)11-4-10(13)14-8-15-11/h4,8-9H,5-7H2,1-3H3/t9-/m1/s1. The molecule has 0 N–H and O–H groups in total. The second kappa shape index (κ2) is 4.78. The van der Waals surface area contributed by atoms with E-state index in [2.05, 4.69) is 28.7 Å². The van der Waals surface area contributed by atoms with Gasteiger partial charge in [-0.3, -0.25) is 0 Å². The van der Waals surface area contributed by atoms with Crippen molar-refractivity contribution in [3.63, 3.8) is 0 Å². The first kappa shape index (κ1) is 12.6. The van der Waals surface area contributed by atoms with Crippen LogP contribution in [0.15, 0.2) is 12.4 Å². The minimum Gasteiger partial charge on any atom is -0.384 e. The van der Waals surface area contributed by atoms with Crippen LogP contribution in [0.4, 0.5) is 5.82 Å². The Kier molecular flexibility index (Phi) is 3.54. The molecule has 1 aromatic rings. The minimum atomic E-state index is 0.230. The largest absolute Gasteiger partial charge is 0.384 e. The molecule has 1 aliphatic heterocycles. The van der Waals surface area contributed by atoms with Crippen molar-refractivity contribution in [3.05, 3.63) is 17.5 Å². The zero-order valence-electron chi connectivity index (χ0n) is 10.5. The van der Waals surface area contributed by atoms with E-state index in [1.807, 2.05) is 6.07 Å². The molecular formula is C12H18ClN3O. The fourth-order valence-corrected chi connectivity index (χ4v) is 2.49. The average Bonchev–Trinajstić information content (AvgIpc) is 2.55. The van der Waals surface area contributed by atoms with Gasteiger partial charge in [-0.2, -0.15) is 0 Å². The summed E-state index contributed by atoms with van der Waals surface area (Å²) in [5.74, 6) is 1.41. The summed E-state index contributed by atoms with van der Waals surface area (Å²) in [6, 6.07) is 1.81.